The molecule has 2 aromatic heterocycles. The summed E-state index contributed by atoms with van der Waals surface area (Å²) in [5, 5.41) is 9.99. The van der Waals surface area contributed by atoms with Crippen molar-refractivity contribution in [2.75, 3.05) is 25.4 Å². The fraction of sp³-hybridized carbons (Fsp3) is 0.650. The summed E-state index contributed by atoms with van der Waals surface area (Å²) in [4.78, 5) is 7.14. The molecule has 2 aromatic rings. The number of pyridine rings is 1. The second-order valence-electron chi connectivity index (χ2n) is 7.67. The van der Waals surface area contributed by atoms with Crippen LogP contribution in [0.3, 0.4) is 0 Å². The number of likely N-dealkylation sites (tertiary alicyclic amines) is 1. The quantitative estimate of drug-likeness (QED) is 0.710. The van der Waals surface area contributed by atoms with Crippen molar-refractivity contribution in [3.8, 4) is 0 Å². The van der Waals surface area contributed by atoms with Gasteiger partial charge in [0.05, 0.1) is 11.8 Å². The average Bonchev–Trinajstić information content (AvgIpc) is 3.31. The van der Waals surface area contributed by atoms with Crippen LogP contribution in [0.2, 0.25) is 0 Å². The Hall–Kier alpha value is -1.44. The van der Waals surface area contributed by atoms with Crippen LogP contribution < -0.4 is 0 Å². The molecular weight excluding hydrogens is 358 g/mol. The van der Waals surface area contributed by atoms with Gasteiger partial charge in [-0.1, -0.05) is 17.8 Å². The molecular formula is C20H29N5OS. The van der Waals surface area contributed by atoms with Crippen molar-refractivity contribution in [1.29, 1.82) is 0 Å². The predicted octanol–water partition coefficient (Wildman–Crippen LogP) is 3.17. The van der Waals surface area contributed by atoms with E-state index in [4.69, 9.17) is 4.74 Å². The maximum Gasteiger partial charge on any atom is 0.191 e. The first-order valence-electron chi connectivity index (χ1n) is 9.97. The van der Waals surface area contributed by atoms with Crippen molar-refractivity contribution >= 4 is 11.8 Å². The van der Waals surface area contributed by atoms with Gasteiger partial charge in [0.1, 0.15) is 5.82 Å². The molecule has 6 nitrogen and oxygen atoms in total. The van der Waals surface area contributed by atoms with E-state index in [9.17, 15) is 0 Å². The molecule has 27 heavy (non-hydrogen) atoms. The Labute approximate surface area is 165 Å². The van der Waals surface area contributed by atoms with E-state index in [1.54, 1.807) is 11.8 Å². The first-order valence-corrected chi connectivity index (χ1v) is 11.0. The van der Waals surface area contributed by atoms with Crippen LogP contribution in [0.5, 0.6) is 0 Å². The number of hydrogen-bond acceptors (Lipinski definition) is 6. The van der Waals surface area contributed by atoms with Gasteiger partial charge in [0.15, 0.2) is 5.16 Å². The van der Waals surface area contributed by atoms with Gasteiger partial charge in [0.2, 0.25) is 0 Å². The normalized spacial score (nSPS) is 21.8. The van der Waals surface area contributed by atoms with Gasteiger partial charge in [0.25, 0.3) is 0 Å². The second kappa shape index (κ2) is 8.71. The number of rotatable bonds is 6. The van der Waals surface area contributed by atoms with Gasteiger partial charge in [-0.15, -0.1) is 10.2 Å². The van der Waals surface area contributed by atoms with Crippen LogP contribution in [-0.4, -0.2) is 56.2 Å². The van der Waals surface area contributed by atoms with E-state index in [1.807, 2.05) is 0 Å². The number of piperidine rings is 1. The zero-order chi connectivity index (χ0) is 18.6. The summed E-state index contributed by atoms with van der Waals surface area (Å²) < 4.78 is 7.91. The number of nitrogens with zero attached hydrogens (tertiary/aromatic N) is 5. The Morgan fingerprint density at radius 1 is 1.19 bits per heavy atom. The molecule has 2 saturated heterocycles. The highest BCUT2D eigenvalue weighted by Crippen LogP contribution is 2.30. The molecule has 0 N–H and O–H groups in total. The molecule has 0 spiro atoms. The van der Waals surface area contributed by atoms with Crippen molar-refractivity contribution in [2.24, 2.45) is 7.05 Å². The Morgan fingerprint density at radius 2 is 2.04 bits per heavy atom. The molecule has 1 atom stereocenters. The fourth-order valence-electron chi connectivity index (χ4n) is 4.02. The summed E-state index contributed by atoms with van der Waals surface area (Å²) in [6.45, 7) is 6.08. The summed E-state index contributed by atoms with van der Waals surface area (Å²) in [6, 6.07) is 6.28. The highest BCUT2D eigenvalue weighted by atomic mass is 32.2. The van der Waals surface area contributed by atoms with E-state index < -0.39 is 0 Å². The first-order chi connectivity index (χ1) is 13.2. The highest BCUT2D eigenvalue weighted by molar-refractivity contribution is 7.99. The van der Waals surface area contributed by atoms with Crippen LogP contribution in [-0.2, 0) is 18.3 Å². The standard InChI is InChI=1S/C20H29N5OS/c1-15-5-3-6-17(21-15)13-25-10-8-16(9-11-25)19-22-23-20(24(19)2)27-14-18-7-4-12-26-18/h3,5-6,16,18H,4,7-14H2,1-2H3/t18-/m0/s1. The minimum atomic E-state index is 0.383. The van der Waals surface area contributed by atoms with Gasteiger partial charge in [-0.3, -0.25) is 9.88 Å². The maximum absolute atomic E-state index is 5.72. The zero-order valence-corrected chi connectivity index (χ0v) is 17.1. The summed E-state index contributed by atoms with van der Waals surface area (Å²) >= 11 is 1.78. The number of hydrogen-bond donors (Lipinski definition) is 0. The molecule has 0 saturated carbocycles. The van der Waals surface area contributed by atoms with E-state index >= 15 is 0 Å². The van der Waals surface area contributed by atoms with Crippen LogP contribution in [0.15, 0.2) is 23.4 Å². The fourth-order valence-corrected chi connectivity index (χ4v) is 5.00. The summed E-state index contributed by atoms with van der Waals surface area (Å²) in [6.07, 6.45) is 5.01. The Morgan fingerprint density at radius 3 is 2.78 bits per heavy atom. The zero-order valence-electron chi connectivity index (χ0n) is 16.3. The third kappa shape index (κ3) is 4.70. The molecule has 2 fully saturated rings. The number of aromatic nitrogens is 4. The first kappa shape index (κ1) is 18.9. The van der Waals surface area contributed by atoms with Gasteiger partial charge < -0.3 is 9.30 Å². The van der Waals surface area contributed by atoms with Crippen molar-refractivity contribution < 1.29 is 4.74 Å². The largest absolute Gasteiger partial charge is 0.377 e. The van der Waals surface area contributed by atoms with E-state index in [1.165, 1.54) is 18.5 Å². The van der Waals surface area contributed by atoms with Crippen LogP contribution in [0.4, 0.5) is 0 Å². The average molecular weight is 388 g/mol. The maximum atomic E-state index is 5.72. The summed E-state index contributed by atoms with van der Waals surface area (Å²) in [7, 11) is 2.11. The molecule has 0 aliphatic carbocycles. The minimum Gasteiger partial charge on any atom is -0.377 e. The van der Waals surface area contributed by atoms with Crippen LogP contribution in [0, 0.1) is 6.92 Å². The Kier molecular flexibility index (Phi) is 6.10. The summed E-state index contributed by atoms with van der Waals surface area (Å²) in [5.41, 5.74) is 2.26. The Bertz CT molecular complexity index is 751. The lowest BCUT2D eigenvalue weighted by atomic mass is 9.96. The Balaban J connectivity index is 1.30. The number of aryl methyl sites for hydroxylation is 1. The molecule has 4 heterocycles. The van der Waals surface area contributed by atoms with Gasteiger partial charge >= 0.3 is 0 Å². The van der Waals surface area contributed by atoms with Crippen molar-refractivity contribution in [1.82, 2.24) is 24.6 Å². The van der Waals surface area contributed by atoms with Crippen LogP contribution >= 0.6 is 11.8 Å². The summed E-state index contributed by atoms with van der Waals surface area (Å²) in [5.74, 6) is 2.62. The van der Waals surface area contributed by atoms with E-state index in [0.29, 0.717) is 12.0 Å². The molecule has 0 amide bonds. The lowest BCUT2D eigenvalue weighted by Crippen LogP contribution is -2.33. The molecule has 7 heteroatoms. The van der Waals surface area contributed by atoms with Crippen molar-refractivity contribution in [2.45, 2.75) is 56.3 Å². The molecule has 0 aromatic carbocycles. The lowest BCUT2D eigenvalue weighted by Gasteiger charge is -2.31. The van der Waals surface area contributed by atoms with Crippen molar-refractivity contribution in [3.05, 3.63) is 35.4 Å². The molecule has 2 aliphatic heterocycles. The van der Waals surface area contributed by atoms with E-state index in [0.717, 1.165) is 61.5 Å². The molecule has 146 valence electrons. The number of ether oxygens (including phenoxy) is 1. The number of thioether (sulfide) groups is 1. The second-order valence-corrected chi connectivity index (χ2v) is 8.65. The van der Waals surface area contributed by atoms with Gasteiger partial charge in [-0.2, -0.15) is 0 Å². The minimum absolute atomic E-state index is 0.383. The molecule has 0 unspecified atom stereocenters. The van der Waals surface area contributed by atoms with Crippen LogP contribution in [0.25, 0.3) is 0 Å². The smallest absolute Gasteiger partial charge is 0.191 e. The topological polar surface area (TPSA) is 56.1 Å². The van der Waals surface area contributed by atoms with Gasteiger partial charge in [-0.25, -0.2) is 0 Å². The van der Waals surface area contributed by atoms with E-state index in [2.05, 4.69) is 56.8 Å². The van der Waals surface area contributed by atoms with Crippen molar-refractivity contribution in [3.63, 3.8) is 0 Å². The van der Waals surface area contributed by atoms with E-state index in [-0.39, 0.29) is 0 Å². The van der Waals surface area contributed by atoms with Gasteiger partial charge in [0, 0.05) is 37.6 Å². The molecule has 4 rings (SSSR count). The molecule has 0 bridgehead atoms. The third-order valence-corrected chi connectivity index (χ3v) is 6.73. The lowest BCUT2D eigenvalue weighted by molar-refractivity contribution is 0.129. The molecule has 0 radical (unpaired) electrons. The predicted molar refractivity (Wildman–Crippen MR) is 107 cm³/mol. The SMILES string of the molecule is Cc1cccc(CN2CCC(c3nnc(SC[C@@H]4CCCO4)n3C)CC2)n1. The van der Waals surface area contributed by atoms with Crippen LogP contribution in [0.1, 0.15) is 48.8 Å². The third-order valence-electron chi connectivity index (χ3n) is 5.58. The van der Waals surface area contributed by atoms with Gasteiger partial charge in [-0.05, 0) is 57.8 Å². The molecule has 2 aliphatic rings. The monoisotopic (exact) mass is 387 g/mol. The highest BCUT2D eigenvalue weighted by Gasteiger charge is 2.26.